The average molecular weight is 539 g/mol. The van der Waals surface area contributed by atoms with Crippen LogP contribution in [0.2, 0.25) is 0 Å². The number of aliphatic hydroxyl groups excluding tert-OH is 1. The van der Waals surface area contributed by atoms with Crippen LogP contribution >= 0.6 is 0 Å². The zero-order valence-corrected chi connectivity index (χ0v) is 24.4. The predicted octanol–water partition coefficient (Wildman–Crippen LogP) is 4.67. The minimum absolute atomic E-state index is 0.0448. The number of methoxy groups -OCH3 is 4. The van der Waals surface area contributed by atoms with Crippen molar-refractivity contribution in [2.24, 2.45) is 5.92 Å². The SMILES string of the molecule is COc1ccc(C(C#N)(CC(O)CN(C)CCc2cc(OC)c(OC)cc2/C=C/C(C)=O)C(C)C)cc1OC. The molecule has 39 heavy (non-hydrogen) atoms. The maximum atomic E-state index is 11.5. The van der Waals surface area contributed by atoms with Crippen LogP contribution in [0.25, 0.3) is 6.08 Å². The Labute approximate surface area is 232 Å². The minimum atomic E-state index is -0.909. The van der Waals surface area contributed by atoms with Gasteiger partial charge in [-0.3, -0.25) is 4.79 Å². The molecule has 2 aromatic rings. The largest absolute Gasteiger partial charge is 0.493 e. The van der Waals surface area contributed by atoms with E-state index in [9.17, 15) is 15.2 Å². The summed E-state index contributed by atoms with van der Waals surface area (Å²) in [5.74, 6) is 2.24. The van der Waals surface area contributed by atoms with Crippen molar-refractivity contribution in [3.63, 3.8) is 0 Å². The Hall–Kier alpha value is -3.54. The van der Waals surface area contributed by atoms with Gasteiger partial charge in [-0.1, -0.05) is 26.0 Å². The second-order valence-electron chi connectivity index (χ2n) is 10.0. The fourth-order valence-electron chi connectivity index (χ4n) is 4.75. The van der Waals surface area contributed by atoms with Gasteiger partial charge in [0.1, 0.15) is 0 Å². The molecule has 0 aliphatic heterocycles. The summed E-state index contributed by atoms with van der Waals surface area (Å²) in [5, 5.41) is 21.5. The van der Waals surface area contributed by atoms with E-state index in [4.69, 9.17) is 18.9 Å². The Morgan fingerprint density at radius 1 is 1.03 bits per heavy atom. The summed E-state index contributed by atoms with van der Waals surface area (Å²) in [6.45, 7) is 6.51. The molecule has 0 saturated heterocycles. The number of aliphatic hydroxyl groups is 1. The van der Waals surface area contributed by atoms with E-state index in [1.807, 2.05) is 50.1 Å². The quantitative estimate of drug-likeness (QED) is 0.327. The first-order chi connectivity index (χ1) is 18.5. The second kappa shape index (κ2) is 14.6. The molecule has 0 heterocycles. The van der Waals surface area contributed by atoms with Gasteiger partial charge < -0.3 is 29.0 Å². The molecule has 8 heteroatoms. The lowest BCUT2D eigenvalue weighted by molar-refractivity contribution is -0.112. The Morgan fingerprint density at radius 2 is 1.62 bits per heavy atom. The van der Waals surface area contributed by atoms with E-state index < -0.39 is 11.5 Å². The number of carbonyl (C=O) groups excluding carboxylic acids is 1. The van der Waals surface area contributed by atoms with E-state index in [-0.39, 0.29) is 18.1 Å². The molecule has 0 aliphatic rings. The molecular weight excluding hydrogens is 496 g/mol. The zero-order valence-electron chi connectivity index (χ0n) is 24.4. The van der Waals surface area contributed by atoms with Gasteiger partial charge in [0.25, 0.3) is 0 Å². The Morgan fingerprint density at radius 3 is 2.15 bits per heavy atom. The molecule has 212 valence electrons. The first kappa shape index (κ1) is 31.7. The van der Waals surface area contributed by atoms with Crippen LogP contribution in [0.15, 0.2) is 36.4 Å². The number of benzene rings is 2. The van der Waals surface area contributed by atoms with Gasteiger partial charge in [0.15, 0.2) is 28.8 Å². The van der Waals surface area contributed by atoms with E-state index in [1.54, 1.807) is 40.6 Å². The number of nitrogens with zero attached hydrogens (tertiary/aromatic N) is 2. The van der Waals surface area contributed by atoms with E-state index in [0.29, 0.717) is 42.5 Å². The summed E-state index contributed by atoms with van der Waals surface area (Å²) < 4.78 is 21.7. The van der Waals surface area contributed by atoms with Gasteiger partial charge in [-0.2, -0.15) is 5.26 Å². The number of rotatable bonds is 15. The maximum absolute atomic E-state index is 11.5. The molecule has 0 amide bonds. The van der Waals surface area contributed by atoms with E-state index in [1.165, 1.54) is 13.0 Å². The van der Waals surface area contributed by atoms with Crippen molar-refractivity contribution in [1.29, 1.82) is 5.26 Å². The highest BCUT2D eigenvalue weighted by Gasteiger charge is 2.39. The zero-order chi connectivity index (χ0) is 29.2. The van der Waals surface area contributed by atoms with Gasteiger partial charge in [-0.15, -0.1) is 0 Å². The van der Waals surface area contributed by atoms with E-state index >= 15 is 0 Å². The number of ether oxygens (including phenoxy) is 4. The molecule has 0 aliphatic carbocycles. The summed E-state index contributed by atoms with van der Waals surface area (Å²) >= 11 is 0. The van der Waals surface area contributed by atoms with Crippen LogP contribution < -0.4 is 18.9 Å². The molecule has 0 fully saturated rings. The van der Waals surface area contributed by atoms with E-state index in [0.717, 1.165) is 16.7 Å². The standard InChI is InChI=1S/C31H42N2O6/c1-21(2)31(20-32,25-11-12-27(36-5)30(17-25)39-8)18-26(35)19-33(4)14-13-24-16-29(38-7)28(37-6)15-23(24)10-9-22(3)34/h9-12,15-17,21,26,35H,13-14,18-19H2,1-8H3/b10-9+. The van der Waals surface area contributed by atoms with Crippen LogP contribution in [-0.4, -0.2) is 70.5 Å². The summed E-state index contributed by atoms with van der Waals surface area (Å²) in [5.41, 5.74) is 1.74. The number of carbonyl (C=O) groups is 1. The van der Waals surface area contributed by atoms with Crippen molar-refractivity contribution in [1.82, 2.24) is 4.90 Å². The summed E-state index contributed by atoms with van der Waals surface area (Å²) in [6.07, 6.45) is 3.49. The second-order valence-corrected chi connectivity index (χ2v) is 10.0. The number of nitriles is 1. The molecule has 2 unspecified atom stereocenters. The van der Waals surface area contributed by atoms with Gasteiger partial charge in [-0.05, 0) is 79.8 Å². The van der Waals surface area contributed by atoms with E-state index in [2.05, 4.69) is 6.07 Å². The molecule has 8 nitrogen and oxygen atoms in total. The molecule has 0 radical (unpaired) electrons. The van der Waals surface area contributed by atoms with Crippen LogP contribution in [0.3, 0.4) is 0 Å². The minimum Gasteiger partial charge on any atom is -0.493 e. The molecular formula is C31H42N2O6. The molecule has 2 rings (SSSR count). The van der Waals surface area contributed by atoms with Gasteiger partial charge in [0.05, 0.1) is 46.0 Å². The monoisotopic (exact) mass is 538 g/mol. The van der Waals surface area contributed by atoms with Crippen molar-refractivity contribution >= 4 is 11.9 Å². The molecule has 2 atom stereocenters. The average Bonchev–Trinajstić information content (AvgIpc) is 2.92. The van der Waals surface area contributed by atoms with Crippen molar-refractivity contribution in [3.05, 3.63) is 53.1 Å². The lowest BCUT2D eigenvalue weighted by Gasteiger charge is -2.34. The van der Waals surface area contributed by atoms with Crippen molar-refractivity contribution < 1.29 is 28.8 Å². The highest BCUT2D eigenvalue weighted by molar-refractivity contribution is 5.91. The lowest BCUT2D eigenvalue weighted by atomic mass is 9.69. The Balaban J connectivity index is 2.21. The van der Waals surface area contributed by atoms with Crippen LogP contribution in [-0.2, 0) is 16.6 Å². The highest BCUT2D eigenvalue weighted by atomic mass is 16.5. The highest BCUT2D eigenvalue weighted by Crippen LogP contribution is 2.40. The molecule has 2 aromatic carbocycles. The predicted molar refractivity (Wildman–Crippen MR) is 153 cm³/mol. The fraction of sp³-hybridized carbons (Fsp3) is 0.484. The first-order valence-electron chi connectivity index (χ1n) is 13.0. The van der Waals surface area contributed by atoms with Crippen LogP contribution in [0.1, 0.15) is 43.9 Å². The molecule has 0 aromatic heterocycles. The molecule has 1 N–H and O–H groups in total. The number of hydrogen-bond donors (Lipinski definition) is 1. The van der Waals surface area contributed by atoms with Gasteiger partial charge >= 0.3 is 0 Å². The van der Waals surface area contributed by atoms with Crippen molar-refractivity contribution in [2.75, 3.05) is 48.6 Å². The summed E-state index contributed by atoms with van der Waals surface area (Å²) in [7, 11) is 8.24. The first-order valence-corrected chi connectivity index (χ1v) is 13.0. The normalized spacial score (nSPS) is 13.7. The third-order valence-corrected chi connectivity index (χ3v) is 7.07. The summed E-state index contributed by atoms with van der Waals surface area (Å²) in [4.78, 5) is 13.6. The van der Waals surface area contributed by atoms with Crippen LogP contribution in [0.5, 0.6) is 23.0 Å². The molecule has 0 saturated carbocycles. The smallest absolute Gasteiger partial charge is 0.161 e. The number of likely N-dealkylation sites (N-methyl/N-ethyl adjacent to an activating group) is 1. The summed E-state index contributed by atoms with van der Waals surface area (Å²) in [6, 6.07) is 11.8. The van der Waals surface area contributed by atoms with Gasteiger partial charge in [-0.25, -0.2) is 0 Å². The number of allylic oxidation sites excluding steroid dienone is 1. The molecule has 0 bridgehead atoms. The fourth-order valence-corrected chi connectivity index (χ4v) is 4.75. The Kier molecular flexibility index (Phi) is 11.8. The third kappa shape index (κ3) is 7.98. The van der Waals surface area contributed by atoms with Gasteiger partial charge in [0, 0.05) is 13.1 Å². The lowest BCUT2D eigenvalue weighted by Crippen LogP contribution is -2.39. The van der Waals surface area contributed by atoms with Crippen LogP contribution in [0.4, 0.5) is 0 Å². The molecule has 0 spiro atoms. The number of hydrogen-bond acceptors (Lipinski definition) is 8. The third-order valence-electron chi connectivity index (χ3n) is 7.07. The number of ketones is 1. The van der Waals surface area contributed by atoms with Crippen molar-refractivity contribution in [3.8, 4) is 29.1 Å². The van der Waals surface area contributed by atoms with Crippen LogP contribution in [0, 0.1) is 17.2 Å². The van der Waals surface area contributed by atoms with Gasteiger partial charge in [0.2, 0.25) is 0 Å². The topological polar surface area (TPSA) is 101 Å². The van der Waals surface area contributed by atoms with Crippen molar-refractivity contribution in [2.45, 2.75) is 45.1 Å². The maximum Gasteiger partial charge on any atom is 0.161 e. The Bertz CT molecular complexity index is 1190.